The van der Waals surface area contributed by atoms with Crippen molar-refractivity contribution in [1.29, 1.82) is 0 Å². The summed E-state index contributed by atoms with van der Waals surface area (Å²) in [5.41, 5.74) is 2.25. The van der Waals surface area contributed by atoms with Gasteiger partial charge in [-0.25, -0.2) is 0 Å². The number of ether oxygens (including phenoxy) is 1. The maximum atomic E-state index is 11.1. The maximum Gasteiger partial charge on any atom is 0.308 e. The zero-order valence-electron chi connectivity index (χ0n) is 12.5. The lowest BCUT2D eigenvalue weighted by molar-refractivity contribution is -0.136. The van der Waals surface area contributed by atoms with Crippen LogP contribution in [0.5, 0.6) is 0 Å². The van der Waals surface area contributed by atoms with E-state index in [1.807, 2.05) is 24.3 Å². The molecular formula is C20H18O2. The van der Waals surface area contributed by atoms with Gasteiger partial charge in [-0.15, -0.1) is 0 Å². The van der Waals surface area contributed by atoms with E-state index in [4.69, 9.17) is 4.74 Å². The van der Waals surface area contributed by atoms with Gasteiger partial charge in [0.05, 0.1) is 0 Å². The van der Waals surface area contributed by atoms with Gasteiger partial charge in [-0.05, 0) is 29.7 Å². The van der Waals surface area contributed by atoms with E-state index in [1.54, 1.807) is 0 Å². The zero-order valence-corrected chi connectivity index (χ0v) is 12.5. The van der Waals surface area contributed by atoms with Crippen molar-refractivity contribution in [2.24, 2.45) is 0 Å². The van der Waals surface area contributed by atoms with Crippen molar-refractivity contribution < 1.29 is 9.53 Å². The Labute approximate surface area is 130 Å². The average molecular weight is 291 g/mol. The first-order valence-electron chi connectivity index (χ1n) is 7.39. The van der Waals surface area contributed by atoms with E-state index in [0.29, 0.717) is 5.76 Å². The molecule has 0 N–H and O–H groups in total. The largest absolute Gasteiger partial charge is 0.427 e. The van der Waals surface area contributed by atoms with Crippen LogP contribution in [0.1, 0.15) is 24.5 Å². The average Bonchev–Trinajstić information content (AvgIpc) is 2.57. The van der Waals surface area contributed by atoms with E-state index in [9.17, 15) is 4.79 Å². The lowest BCUT2D eigenvalue weighted by Gasteiger charge is -2.33. The van der Waals surface area contributed by atoms with Crippen molar-refractivity contribution in [2.45, 2.75) is 18.8 Å². The minimum atomic E-state index is -0.289. The summed E-state index contributed by atoms with van der Waals surface area (Å²) in [4.78, 5) is 11.1. The molecule has 0 unspecified atom stereocenters. The zero-order chi connectivity index (χ0) is 15.4. The molecule has 0 radical (unpaired) electrons. The van der Waals surface area contributed by atoms with E-state index < -0.39 is 0 Å². The predicted molar refractivity (Wildman–Crippen MR) is 87.3 cm³/mol. The smallest absolute Gasteiger partial charge is 0.308 e. The number of hydrogen-bond donors (Lipinski definition) is 0. The highest BCUT2D eigenvalue weighted by Gasteiger charge is 2.32. The highest BCUT2D eigenvalue weighted by molar-refractivity contribution is 5.68. The van der Waals surface area contributed by atoms with E-state index in [2.05, 4.69) is 54.6 Å². The van der Waals surface area contributed by atoms with Gasteiger partial charge in [0.2, 0.25) is 0 Å². The summed E-state index contributed by atoms with van der Waals surface area (Å²) < 4.78 is 5.19. The molecule has 3 rings (SSSR count). The van der Waals surface area contributed by atoms with E-state index in [1.165, 1.54) is 18.1 Å². The molecule has 1 aliphatic carbocycles. The standard InChI is InChI=1S/C20H18O2/c1-16(21)22-19-12-14-20(15-13-19,17-8-4-2-5-9-17)18-10-6-3-7-11-18/h2-14H,15H2,1H3/i19+1. The second-order valence-corrected chi connectivity index (χ2v) is 5.44. The summed E-state index contributed by atoms with van der Waals surface area (Å²) in [7, 11) is 0. The van der Waals surface area contributed by atoms with Gasteiger partial charge in [-0.2, -0.15) is 0 Å². The van der Waals surface area contributed by atoms with Crippen molar-refractivity contribution in [2.75, 3.05) is 0 Å². The molecule has 0 spiro atoms. The fourth-order valence-electron chi connectivity index (χ4n) is 2.93. The number of allylic oxidation sites excluding steroid dienone is 3. The third-order valence-electron chi connectivity index (χ3n) is 4.00. The van der Waals surface area contributed by atoms with E-state index in [-0.39, 0.29) is 11.4 Å². The number of benzene rings is 2. The van der Waals surface area contributed by atoms with Crippen molar-refractivity contribution in [3.05, 3.63) is 95.8 Å². The van der Waals surface area contributed by atoms with Crippen LogP contribution in [0.2, 0.25) is 0 Å². The highest BCUT2D eigenvalue weighted by Crippen LogP contribution is 2.40. The summed E-state index contributed by atoms with van der Waals surface area (Å²) in [5.74, 6) is 0.331. The van der Waals surface area contributed by atoms with Crippen LogP contribution in [-0.4, -0.2) is 5.97 Å². The molecule has 0 saturated heterocycles. The molecule has 0 fully saturated rings. The summed E-state index contributed by atoms with van der Waals surface area (Å²) >= 11 is 0. The molecule has 2 nitrogen and oxygen atoms in total. The summed E-state index contributed by atoms with van der Waals surface area (Å²) in [6, 6.07) is 20.8. The predicted octanol–water partition coefficient (Wildman–Crippen LogP) is 4.38. The van der Waals surface area contributed by atoms with Gasteiger partial charge in [0.1, 0.15) is 5.76 Å². The Balaban J connectivity index is 2.03. The quantitative estimate of drug-likeness (QED) is 0.619. The van der Waals surface area contributed by atoms with Crippen LogP contribution in [0, 0.1) is 0 Å². The minimum absolute atomic E-state index is 0.216. The Morgan fingerprint density at radius 3 is 1.91 bits per heavy atom. The number of hydrogen-bond acceptors (Lipinski definition) is 2. The molecule has 0 saturated carbocycles. The molecule has 22 heavy (non-hydrogen) atoms. The van der Waals surface area contributed by atoms with Gasteiger partial charge in [-0.3, -0.25) is 4.79 Å². The second-order valence-electron chi connectivity index (χ2n) is 5.44. The molecule has 2 aromatic carbocycles. The minimum Gasteiger partial charge on any atom is -0.427 e. The van der Waals surface area contributed by atoms with Crippen molar-refractivity contribution >= 4 is 5.97 Å². The molecule has 0 amide bonds. The third kappa shape index (κ3) is 2.73. The maximum absolute atomic E-state index is 11.1. The molecule has 110 valence electrons. The first kappa shape index (κ1) is 14.3. The van der Waals surface area contributed by atoms with Gasteiger partial charge in [0.25, 0.3) is 0 Å². The van der Waals surface area contributed by atoms with Gasteiger partial charge < -0.3 is 4.74 Å². The molecule has 0 atom stereocenters. The summed E-state index contributed by atoms with van der Waals surface area (Å²) in [5, 5.41) is 0. The third-order valence-corrected chi connectivity index (χ3v) is 4.00. The van der Waals surface area contributed by atoms with Crippen LogP contribution >= 0.6 is 0 Å². The SMILES string of the molecule is CC(=O)O[13C]1=CCC(c2ccccc2)(c2ccccc2)C=C1. The molecule has 2 heteroatoms. The first-order chi connectivity index (χ1) is 10.7. The lowest BCUT2D eigenvalue weighted by Crippen LogP contribution is -2.26. The molecule has 0 aromatic heterocycles. The molecular weight excluding hydrogens is 273 g/mol. The van der Waals surface area contributed by atoms with Gasteiger partial charge >= 0.3 is 5.97 Å². The highest BCUT2D eigenvalue weighted by atomic mass is 16.6. The lowest BCUT2D eigenvalue weighted by atomic mass is 9.71. The van der Waals surface area contributed by atoms with Crippen LogP contribution in [-0.2, 0) is 14.9 Å². The van der Waals surface area contributed by atoms with E-state index >= 15 is 0 Å². The van der Waals surface area contributed by atoms with Crippen molar-refractivity contribution in [3.63, 3.8) is 0 Å². The summed E-state index contributed by atoms with van der Waals surface area (Å²) in [6.07, 6.45) is 6.78. The monoisotopic (exact) mass is 291 g/mol. The van der Waals surface area contributed by atoms with Crippen molar-refractivity contribution in [3.8, 4) is 0 Å². The summed E-state index contributed by atoms with van der Waals surface area (Å²) in [6.45, 7) is 1.42. The molecule has 0 heterocycles. The number of esters is 1. The number of carbonyl (C=O) groups excluding carboxylic acids is 1. The molecule has 2 aromatic rings. The fourth-order valence-corrected chi connectivity index (χ4v) is 2.93. The second kappa shape index (κ2) is 6.02. The van der Waals surface area contributed by atoms with Crippen LogP contribution in [0.25, 0.3) is 0 Å². The van der Waals surface area contributed by atoms with Gasteiger partial charge in [-0.1, -0.05) is 66.7 Å². The molecule has 0 bridgehead atoms. The normalized spacial score (nSPS) is 16.0. The van der Waals surface area contributed by atoms with E-state index in [0.717, 1.165) is 6.42 Å². The Bertz CT molecular complexity index is 672. The molecule has 0 aliphatic heterocycles. The Hall–Kier alpha value is -2.61. The van der Waals surface area contributed by atoms with Crippen LogP contribution < -0.4 is 0 Å². The Morgan fingerprint density at radius 2 is 1.50 bits per heavy atom. The topological polar surface area (TPSA) is 26.3 Å². The number of rotatable bonds is 3. The Morgan fingerprint density at radius 1 is 0.955 bits per heavy atom. The molecule has 1 aliphatic rings. The number of carbonyl (C=O) groups is 1. The van der Waals surface area contributed by atoms with Gasteiger partial charge in [0, 0.05) is 12.3 Å². The van der Waals surface area contributed by atoms with Crippen molar-refractivity contribution in [1.82, 2.24) is 0 Å². The van der Waals surface area contributed by atoms with Gasteiger partial charge in [0.15, 0.2) is 0 Å². The van der Waals surface area contributed by atoms with Crippen LogP contribution in [0.15, 0.2) is 84.7 Å². The van der Waals surface area contributed by atoms with Crippen LogP contribution in [0.3, 0.4) is 0 Å². The Kier molecular flexibility index (Phi) is 3.92. The first-order valence-corrected chi connectivity index (χ1v) is 7.39. The fraction of sp³-hybridized carbons (Fsp3) is 0.150. The van der Waals surface area contributed by atoms with Crippen LogP contribution in [0.4, 0.5) is 0 Å².